The Hall–Kier alpha value is -2.62. The fraction of sp³-hybridized carbons (Fsp3) is 0.400. The summed E-state index contributed by atoms with van der Waals surface area (Å²) < 4.78 is 29.6. The molecule has 0 atom stereocenters. The molecule has 0 aliphatic carbocycles. The summed E-state index contributed by atoms with van der Waals surface area (Å²) in [7, 11) is -4.16. The summed E-state index contributed by atoms with van der Waals surface area (Å²) in [6.07, 6.45) is 1.77. The van der Waals surface area contributed by atoms with Crippen molar-refractivity contribution >= 4 is 28.0 Å². The van der Waals surface area contributed by atoms with E-state index in [1.54, 1.807) is 37.3 Å². The molecule has 0 aliphatic heterocycles. The molecule has 1 aromatic carbocycles. The van der Waals surface area contributed by atoms with Gasteiger partial charge in [0, 0.05) is 18.7 Å². The minimum Gasteiger partial charge on any atom is -0.369 e. The second-order valence-corrected chi connectivity index (χ2v) is 6.32. The summed E-state index contributed by atoms with van der Waals surface area (Å²) in [5.74, 6) is -1.01. The molecule has 9 nitrogen and oxygen atoms in total. The van der Waals surface area contributed by atoms with E-state index in [0.717, 1.165) is 12.8 Å². The second kappa shape index (κ2) is 10.3. The molecule has 10 heteroatoms. The number of nitrogens with zero attached hydrogens (tertiary/aromatic N) is 2. The van der Waals surface area contributed by atoms with Gasteiger partial charge in [-0.2, -0.15) is 8.42 Å². The number of hydrogen-bond acceptors (Lipinski definition) is 4. The highest BCUT2D eigenvalue weighted by molar-refractivity contribution is 7.88. The van der Waals surface area contributed by atoms with Crippen molar-refractivity contribution in [2.45, 2.75) is 26.7 Å². The number of amides is 1. The number of rotatable bonds is 7. The molecule has 1 amide bonds. The van der Waals surface area contributed by atoms with E-state index < -0.39 is 22.1 Å². The maximum atomic E-state index is 12.0. The first kappa shape index (κ1) is 20.4. The lowest BCUT2D eigenvalue weighted by Crippen LogP contribution is -2.43. The van der Waals surface area contributed by atoms with Crippen LogP contribution in [0.4, 0.5) is 0 Å². The minimum absolute atomic E-state index is 0.0851. The van der Waals surface area contributed by atoms with Crippen LogP contribution in [0.15, 0.2) is 39.7 Å². The third-order valence-corrected chi connectivity index (χ3v) is 3.74. The van der Waals surface area contributed by atoms with Crippen LogP contribution in [0.5, 0.6) is 0 Å². The molecule has 1 aromatic rings. The quantitative estimate of drug-likeness (QED) is 0.312. The zero-order valence-corrected chi connectivity index (χ0v) is 15.1. The number of guanidine groups is 2. The van der Waals surface area contributed by atoms with Gasteiger partial charge < -0.3 is 11.1 Å². The van der Waals surface area contributed by atoms with Crippen LogP contribution in [-0.4, -0.2) is 39.3 Å². The van der Waals surface area contributed by atoms with E-state index in [2.05, 4.69) is 24.7 Å². The van der Waals surface area contributed by atoms with Crippen LogP contribution < -0.4 is 21.1 Å². The van der Waals surface area contributed by atoms with Crippen molar-refractivity contribution in [3.63, 3.8) is 0 Å². The molecular formula is C15H24N6O3S. The molecule has 0 radical (unpaired) electrons. The van der Waals surface area contributed by atoms with Crippen LogP contribution >= 0.6 is 0 Å². The zero-order valence-electron chi connectivity index (χ0n) is 14.3. The van der Waals surface area contributed by atoms with Crippen molar-refractivity contribution in [2.75, 3.05) is 13.1 Å². The molecule has 0 aliphatic rings. The number of benzene rings is 1. The maximum absolute atomic E-state index is 12.0. The molecule has 0 bridgehead atoms. The van der Waals surface area contributed by atoms with Gasteiger partial charge in [0.2, 0.25) is 11.9 Å². The summed E-state index contributed by atoms with van der Waals surface area (Å²) in [4.78, 5) is 16.0. The molecule has 1 rings (SSSR count). The smallest absolute Gasteiger partial charge is 0.347 e. The Morgan fingerprint density at radius 2 is 1.88 bits per heavy atom. The molecular weight excluding hydrogens is 344 g/mol. The van der Waals surface area contributed by atoms with Crippen LogP contribution in [0.25, 0.3) is 0 Å². The Balaban J connectivity index is 2.77. The van der Waals surface area contributed by atoms with E-state index in [0.29, 0.717) is 18.7 Å². The Labute approximate surface area is 148 Å². The first-order valence-electron chi connectivity index (χ1n) is 7.90. The van der Waals surface area contributed by atoms with Crippen molar-refractivity contribution < 1.29 is 13.2 Å². The van der Waals surface area contributed by atoms with Gasteiger partial charge >= 0.3 is 10.2 Å². The van der Waals surface area contributed by atoms with Crippen molar-refractivity contribution in [1.29, 1.82) is 0 Å². The molecule has 138 valence electrons. The highest BCUT2D eigenvalue weighted by Crippen LogP contribution is 1.97. The lowest BCUT2D eigenvalue weighted by molar-refractivity contribution is 0.0977. The molecule has 0 unspecified atom stereocenters. The standard InChI is InChI=1S/C15H24N6O3S/c1-3-5-11-18-15(17-4-2)21-25(23,24)20-14(16)19-13(22)12-9-7-6-8-10-12/h6-10H,3-5,11H2,1-2H3,(H2,17,18,21)(H3,16,19,20,22). The summed E-state index contributed by atoms with van der Waals surface area (Å²) in [5.41, 5.74) is 5.84. The van der Waals surface area contributed by atoms with Crippen molar-refractivity contribution in [3.8, 4) is 0 Å². The minimum atomic E-state index is -4.16. The molecule has 0 saturated heterocycles. The number of hydrogen-bond donors (Lipinski definition) is 4. The molecule has 0 saturated carbocycles. The highest BCUT2D eigenvalue weighted by Gasteiger charge is 2.14. The Morgan fingerprint density at radius 3 is 2.48 bits per heavy atom. The lowest BCUT2D eigenvalue weighted by Gasteiger charge is -2.10. The maximum Gasteiger partial charge on any atom is 0.347 e. The van der Waals surface area contributed by atoms with Gasteiger partial charge in [-0.3, -0.25) is 15.1 Å². The van der Waals surface area contributed by atoms with Gasteiger partial charge in [0.1, 0.15) is 0 Å². The van der Waals surface area contributed by atoms with E-state index in [1.807, 2.05) is 6.92 Å². The number of carbonyl (C=O) groups is 1. The number of carbonyl (C=O) groups excluding carboxylic acids is 1. The summed E-state index contributed by atoms with van der Waals surface area (Å²) >= 11 is 0. The highest BCUT2D eigenvalue weighted by atomic mass is 32.2. The third-order valence-electron chi connectivity index (χ3n) is 2.85. The van der Waals surface area contributed by atoms with Gasteiger partial charge in [-0.05, 0) is 25.5 Å². The van der Waals surface area contributed by atoms with Crippen molar-refractivity contribution in [3.05, 3.63) is 35.9 Å². The van der Waals surface area contributed by atoms with Gasteiger partial charge in [0.15, 0.2) is 0 Å². The van der Waals surface area contributed by atoms with Crippen molar-refractivity contribution in [1.82, 2.24) is 15.4 Å². The SMILES string of the molecule is CCCCN=C(NCC)NS(=O)(=O)N=C(N)NC(=O)c1ccccc1. The Kier molecular flexibility index (Phi) is 8.40. The fourth-order valence-electron chi connectivity index (χ4n) is 1.72. The largest absolute Gasteiger partial charge is 0.369 e. The van der Waals surface area contributed by atoms with Gasteiger partial charge in [-0.1, -0.05) is 31.5 Å². The molecule has 0 spiro atoms. The van der Waals surface area contributed by atoms with E-state index in [9.17, 15) is 13.2 Å². The van der Waals surface area contributed by atoms with Crippen LogP contribution in [-0.2, 0) is 10.2 Å². The van der Waals surface area contributed by atoms with E-state index in [4.69, 9.17) is 5.73 Å². The van der Waals surface area contributed by atoms with E-state index in [1.165, 1.54) is 0 Å². The monoisotopic (exact) mass is 368 g/mol. The molecule has 0 fully saturated rings. The first-order chi connectivity index (χ1) is 11.9. The molecule has 5 N–H and O–H groups in total. The number of nitrogens with two attached hydrogens (primary N) is 1. The molecule has 25 heavy (non-hydrogen) atoms. The van der Waals surface area contributed by atoms with Gasteiger partial charge in [0.05, 0.1) is 0 Å². The molecule has 0 aromatic heterocycles. The van der Waals surface area contributed by atoms with Gasteiger partial charge in [-0.15, -0.1) is 4.40 Å². The van der Waals surface area contributed by atoms with Crippen LogP contribution in [0.3, 0.4) is 0 Å². The summed E-state index contributed by atoms with van der Waals surface area (Å²) in [6, 6.07) is 8.24. The number of unbranched alkanes of at least 4 members (excludes halogenated alkanes) is 1. The Bertz CT molecular complexity index is 716. The topological polar surface area (TPSA) is 138 Å². The van der Waals surface area contributed by atoms with Crippen LogP contribution in [0.2, 0.25) is 0 Å². The number of nitrogens with one attached hydrogen (secondary N) is 3. The third kappa shape index (κ3) is 8.15. The van der Waals surface area contributed by atoms with Crippen molar-refractivity contribution in [2.24, 2.45) is 15.1 Å². The summed E-state index contributed by atoms with van der Waals surface area (Å²) in [6.45, 7) is 4.77. The zero-order chi connectivity index (χ0) is 18.7. The van der Waals surface area contributed by atoms with E-state index >= 15 is 0 Å². The van der Waals surface area contributed by atoms with Crippen LogP contribution in [0.1, 0.15) is 37.0 Å². The lowest BCUT2D eigenvalue weighted by atomic mass is 10.2. The second-order valence-electron chi connectivity index (χ2n) is 4.99. The first-order valence-corrected chi connectivity index (χ1v) is 9.34. The predicted octanol–water partition coefficient (Wildman–Crippen LogP) is 0.331. The van der Waals surface area contributed by atoms with Gasteiger partial charge in [-0.25, -0.2) is 4.72 Å². The summed E-state index contributed by atoms with van der Waals surface area (Å²) in [5, 5.41) is 5.02. The average molecular weight is 368 g/mol. The van der Waals surface area contributed by atoms with Gasteiger partial charge in [0.25, 0.3) is 5.91 Å². The van der Waals surface area contributed by atoms with Crippen LogP contribution in [0, 0.1) is 0 Å². The molecule has 0 heterocycles. The average Bonchev–Trinajstić information content (AvgIpc) is 2.55. The predicted molar refractivity (Wildman–Crippen MR) is 98.5 cm³/mol. The fourth-order valence-corrected chi connectivity index (χ4v) is 2.45. The number of aliphatic imine (C=N–C) groups is 1. The van der Waals surface area contributed by atoms with E-state index in [-0.39, 0.29) is 5.96 Å². The Morgan fingerprint density at radius 1 is 1.20 bits per heavy atom. The normalized spacial score (nSPS) is 12.6.